The van der Waals surface area contributed by atoms with Crippen molar-refractivity contribution in [2.45, 2.75) is 24.6 Å². The van der Waals surface area contributed by atoms with E-state index in [4.69, 9.17) is 14.6 Å². The average Bonchev–Trinajstić information content (AvgIpc) is 2.68. The van der Waals surface area contributed by atoms with E-state index >= 15 is 0 Å². The first-order chi connectivity index (χ1) is 9.43. The molecule has 1 fully saturated rings. The predicted molar refractivity (Wildman–Crippen MR) is 63.1 cm³/mol. The Morgan fingerprint density at radius 1 is 1.35 bits per heavy atom. The van der Waals surface area contributed by atoms with Crippen LogP contribution in [0.3, 0.4) is 0 Å². The molecule has 1 heterocycles. The molecule has 1 saturated heterocycles. The highest BCUT2D eigenvalue weighted by Gasteiger charge is 2.44. The van der Waals surface area contributed by atoms with Crippen LogP contribution in [0.25, 0.3) is 0 Å². The lowest BCUT2D eigenvalue weighted by Crippen LogP contribution is -2.35. The normalized spacial score (nSPS) is 29.4. The predicted octanol–water partition coefficient (Wildman–Crippen LogP) is -0.882. The first-order valence-electron chi connectivity index (χ1n) is 5.70. The third kappa shape index (κ3) is 2.65. The number of benzene rings is 1. The van der Waals surface area contributed by atoms with Crippen LogP contribution < -0.4 is 4.74 Å². The Balaban J connectivity index is 2.18. The molecule has 0 saturated carbocycles. The fourth-order valence-electron chi connectivity index (χ4n) is 1.80. The van der Waals surface area contributed by atoms with E-state index in [1.165, 1.54) is 0 Å². The summed E-state index contributed by atoms with van der Waals surface area (Å²) in [5, 5.41) is 48.3. The first-order valence-corrected chi connectivity index (χ1v) is 5.70. The van der Waals surface area contributed by atoms with Crippen LogP contribution in [0.15, 0.2) is 18.2 Å². The number of hydrogen-bond acceptors (Lipinski definition) is 8. The van der Waals surface area contributed by atoms with E-state index in [-0.39, 0.29) is 17.2 Å². The zero-order valence-corrected chi connectivity index (χ0v) is 10.1. The molecule has 0 radical (unpaired) electrons. The van der Waals surface area contributed by atoms with Gasteiger partial charge >= 0.3 is 0 Å². The van der Waals surface area contributed by atoms with Gasteiger partial charge in [-0.15, -0.1) is 0 Å². The number of nitro benzene ring substituents is 1. The second-order valence-electron chi connectivity index (χ2n) is 4.23. The largest absolute Gasteiger partial charge is 0.504 e. The molecular weight excluding hydrogens is 274 g/mol. The molecule has 9 heteroatoms. The van der Waals surface area contributed by atoms with Crippen LogP contribution in [0.1, 0.15) is 0 Å². The van der Waals surface area contributed by atoms with E-state index in [0.717, 1.165) is 18.2 Å². The molecular formula is C11H13NO8. The number of nitro groups is 1. The second kappa shape index (κ2) is 5.59. The Labute approximate surface area is 112 Å². The highest BCUT2D eigenvalue weighted by atomic mass is 16.7. The maximum Gasteiger partial charge on any atom is 0.273 e. The molecule has 0 aliphatic carbocycles. The molecule has 20 heavy (non-hydrogen) atoms. The molecule has 1 aliphatic rings. The molecule has 1 aromatic carbocycles. The van der Waals surface area contributed by atoms with Gasteiger partial charge in [-0.25, -0.2) is 0 Å². The Morgan fingerprint density at radius 3 is 2.60 bits per heavy atom. The summed E-state index contributed by atoms with van der Waals surface area (Å²) in [5.41, 5.74) is -0.315. The van der Waals surface area contributed by atoms with Crippen molar-refractivity contribution < 1.29 is 34.8 Å². The van der Waals surface area contributed by atoms with E-state index < -0.39 is 36.1 Å². The van der Waals surface area contributed by atoms with Gasteiger partial charge in [0.05, 0.1) is 17.6 Å². The van der Waals surface area contributed by atoms with Gasteiger partial charge in [-0.2, -0.15) is 0 Å². The third-order valence-electron chi connectivity index (χ3n) is 2.90. The molecule has 1 aliphatic heterocycles. The number of non-ortho nitro benzene ring substituents is 1. The molecule has 110 valence electrons. The SMILES string of the molecule is O=[N+]([O-])c1ccc(O)c(O[C@@H]2O[C@@H](CO)[C@H](O)[C@H]2O)c1. The number of ether oxygens (including phenoxy) is 2. The summed E-state index contributed by atoms with van der Waals surface area (Å²) >= 11 is 0. The number of aliphatic hydroxyl groups is 3. The van der Waals surface area contributed by atoms with E-state index in [9.17, 15) is 25.4 Å². The van der Waals surface area contributed by atoms with Crippen LogP contribution in [-0.2, 0) is 4.74 Å². The van der Waals surface area contributed by atoms with Gasteiger partial charge in [-0.1, -0.05) is 0 Å². The van der Waals surface area contributed by atoms with Crippen molar-refractivity contribution in [1.82, 2.24) is 0 Å². The lowest BCUT2D eigenvalue weighted by molar-refractivity contribution is -0.385. The zero-order valence-electron chi connectivity index (χ0n) is 10.1. The summed E-state index contributed by atoms with van der Waals surface area (Å²) in [6.45, 7) is -0.529. The van der Waals surface area contributed by atoms with Crippen molar-refractivity contribution in [3.05, 3.63) is 28.3 Å². The van der Waals surface area contributed by atoms with Crippen LogP contribution in [0.2, 0.25) is 0 Å². The molecule has 1 aromatic rings. The number of rotatable bonds is 4. The van der Waals surface area contributed by atoms with Gasteiger partial charge in [0.15, 0.2) is 11.5 Å². The van der Waals surface area contributed by atoms with Gasteiger partial charge in [0.2, 0.25) is 6.29 Å². The summed E-state index contributed by atoms with van der Waals surface area (Å²) in [6, 6.07) is 3.11. The Morgan fingerprint density at radius 2 is 2.05 bits per heavy atom. The van der Waals surface area contributed by atoms with Gasteiger partial charge in [0.1, 0.15) is 18.3 Å². The number of hydrogen-bond donors (Lipinski definition) is 4. The van der Waals surface area contributed by atoms with Gasteiger partial charge in [0.25, 0.3) is 5.69 Å². The van der Waals surface area contributed by atoms with Crippen molar-refractivity contribution >= 4 is 5.69 Å². The van der Waals surface area contributed by atoms with Gasteiger partial charge in [-0.05, 0) is 6.07 Å². The maximum atomic E-state index is 10.6. The number of aliphatic hydroxyl groups excluding tert-OH is 3. The van der Waals surface area contributed by atoms with Crippen LogP contribution in [0.5, 0.6) is 11.5 Å². The van der Waals surface area contributed by atoms with Crippen molar-refractivity contribution in [2.75, 3.05) is 6.61 Å². The lowest BCUT2D eigenvalue weighted by atomic mass is 10.1. The van der Waals surface area contributed by atoms with Crippen LogP contribution in [0, 0.1) is 10.1 Å². The maximum absolute atomic E-state index is 10.6. The molecule has 9 nitrogen and oxygen atoms in total. The van der Waals surface area contributed by atoms with Crippen molar-refractivity contribution in [2.24, 2.45) is 0 Å². The lowest BCUT2D eigenvalue weighted by Gasteiger charge is -2.17. The minimum atomic E-state index is -1.45. The topological polar surface area (TPSA) is 143 Å². The fourth-order valence-corrected chi connectivity index (χ4v) is 1.80. The second-order valence-corrected chi connectivity index (χ2v) is 4.23. The number of phenols is 1. The molecule has 0 spiro atoms. The first kappa shape index (κ1) is 14.5. The van der Waals surface area contributed by atoms with Gasteiger partial charge in [-0.3, -0.25) is 10.1 Å². The molecule has 2 rings (SSSR count). The van der Waals surface area contributed by atoms with Crippen LogP contribution >= 0.6 is 0 Å². The molecule has 0 amide bonds. The molecule has 4 N–H and O–H groups in total. The minimum absolute atomic E-state index is 0.269. The summed E-state index contributed by atoms with van der Waals surface area (Å²) in [4.78, 5) is 9.95. The van der Waals surface area contributed by atoms with Crippen LogP contribution in [-0.4, -0.2) is 56.6 Å². The van der Waals surface area contributed by atoms with Gasteiger partial charge < -0.3 is 29.9 Å². The zero-order chi connectivity index (χ0) is 14.9. The highest BCUT2D eigenvalue weighted by Crippen LogP contribution is 2.33. The van der Waals surface area contributed by atoms with E-state index in [2.05, 4.69) is 0 Å². The number of aromatic hydroxyl groups is 1. The number of phenolic OH excluding ortho intramolecular Hbond substituents is 1. The molecule has 0 aromatic heterocycles. The average molecular weight is 287 g/mol. The Hall–Kier alpha value is -1.94. The van der Waals surface area contributed by atoms with E-state index in [0.29, 0.717) is 0 Å². The third-order valence-corrected chi connectivity index (χ3v) is 2.90. The quantitative estimate of drug-likeness (QED) is 0.413. The molecule has 0 bridgehead atoms. The minimum Gasteiger partial charge on any atom is -0.504 e. The van der Waals surface area contributed by atoms with E-state index in [1.807, 2.05) is 0 Å². The summed E-state index contributed by atoms with van der Waals surface area (Å²) in [7, 11) is 0. The monoisotopic (exact) mass is 287 g/mol. The summed E-state index contributed by atoms with van der Waals surface area (Å²) < 4.78 is 10.2. The van der Waals surface area contributed by atoms with Crippen molar-refractivity contribution in [3.63, 3.8) is 0 Å². The fraction of sp³-hybridized carbons (Fsp3) is 0.455. The summed E-state index contributed by atoms with van der Waals surface area (Å²) in [6.07, 6.45) is -5.19. The Bertz CT molecular complexity index is 507. The number of nitrogens with zero attached hydrogens (tertiary/aromatic N) is 1. The highest BCUT2D eigenvalue weighted by molar-refractivity contribution is 5.47. The molecule has 4 atom stereocenters. The van der Waals surface area contributed by atoms with E-state index in [1.54, 1.807) is 0 Å². The van der Waals surface area contributed by atoms with Crippen LogP contribution in [0.4, 0.5) is 5.69 Å². The standard InChI is InChI=1S/C11H13NO8/c13-4-8-9(15)10(16)11(20-8)19-7-3-5(12(17)18)1-2-6(7)14/h1-3,8-11,13-16H,4H2/t8-,9-,10+,11+/m0/s1. The molecule has 0 unspecified atom stereocenters. The Kier molecular flexibility index (Phi) is 4.04. The smallest absolute Gasteiger partial charge is 0.273 e. The summed E-state index contributed by atoms with van der Waals surface area (Å²) in [5.74, 6) is -0.651. The van der Waals surface area contributed by atoms with Gasteiger partial charge in [0, 0.05) is 6.07 Å². The van der Waals surface area contributed by atoms with Crippen molar-refractivity contribution in [3.8, 4) is 11.5 Å². The van der Waals surface area contributed by atoms with Crippen molar-refractivity contribution in [1.29, 1.82) is 0 Å².